The monoisotopic (exact) mass is 292 g/mol. The zero-order chi connectivity index (χ0) is 15.1. The predicted molar refractivity (Wildman–Crippen MR) is 79.4 cm³/mol. The van der Waals surface area contributed by atoms with Crippen molar-refractivity contribution >= 4 is 16.9 Å². The van der Waals surface area contributed by atoms with Crippen LogP contribution in [0.5, 0.6) is 0 Å². The Balaban J connectivity index is 2.98. The Bertz CT molecular complexity index is 546. The maximum atomic E-state index is 12.9. The summed E-state index contributed by atoms with van der Waals surface area (Å²) in [6.07, 6.45) is 2.40. The Morgan fingerprint density at radius 3 is 2.50 bits per heavy atom. The molecule has 0 radical (unpaired) electrons. The Labute approximate surface area is 122 Å². The first-order valence-electron chi connectivity index (χ1n) is 6.24. The third kappa shape index (κ3) is 4.10. The van der Waals surface area contributed by atoms with Gasteiger partial charge in [-0.15, -0.1) is 0 Å². The zero-order valence-corrected chi connectivity index (χ0v) is 12.6. The fourth-order valence-electron chi connectivity index (χ4n) is 1.83. The average molecular weight is 292 g/mol. The SMILES string of the molecule is CCC(NC(C)=C(C#N)C(=O)SC)c1ccc(F)cc1. The molecule has 0 spiro atoms. The minimum atomic E-state index is -0.286. The third-order valence-corrected chi connectivity index (χ3v) is 3.52. The van der Waals surface area contributed by atoms with Crippen LogP contribution in [0, 0.1) is 17.1 Å². The number of nitrogens with one attached hydrogen (secondary N) is 1. The van der Waals surface area contributed by atoms with E-state index in [2.05, 4.69) is 5.32 Å². The van der Waals surface area contributed by atoms with Gasteiger partial charge in [0.2, 0.25) is 5.12 Å². The van der Waals surface area contributed by atoms with Crippen LogP contribution in [0.3, 0.4) is 0 Å². The van der Waals surface area contributed by atoms with Crippen molar-refractivity contribution in [2.45, 2.75) is 26.3 Å². The summed E-state index contributed by atoms with van der Waals surface area (Å²) in [4.78, 5) is 11.6. The Kier molecular flexibility index (Phi) is 6.26. The van der Waals surface area contributed by atoms with Gasteiger partial charge in [0.25, 0.3) is 0 Å². The number of allylic oxidation sites excluding steroid dienone is 1. The number of thioether (sulfide) groups is 1. The van der Waals surface area contributed by atoms with Crippen molar-refractivity contribution in [1.29, 1.82) is 5.26 Å². The maximum Gasteiger partial charge on any atom is 0.231 e. The second-order valence-corrected chi connectivity index (χ2v) is 5.04. The molecule has 0 amide bonds. The molecule has 0 aliphatic carbocycles. The Morgan fingerprint density at radius 2 is 2.05 bits per heavy atom. The van der Waals surface area contributed by atoms with Crippen LogP contribution in [0.1, 0.15) is 31.9 Å². The standard InChI is InChI=1S/C15H17FN2OS/c1-4-14(11-5-7-12(16)8-6-11)18-10(2)13(9-17)15(19)20-3/h5-8,14,18H,4H2,1-3H3. The highest BCUT2D eigenvalue weighted by Gasteiger charge is 2.15. The lowest BCUT2D eigenvalue weighted by Gasteiger charge is -2.19. The number of hydrogen-bond donors (Lipinski definition) is 1. The first-order valence-corrected chi connectivity index (χ1v) is 7.47. The first kappa shape index (κ1) is 16.3. The highest BCUT2D eigenvalue weighted by molar-refractivity contribution is 8.13. The van der Waals surface area contributed by atoms with Crippen molar-refractivity contribution in [3.63, 3.8) is 0 Å². The highest BCUT2D eigenvalue weighted by atomic mass is 32.2. The fourth-order valence-corrected chi connectivity index (χ4v) is 2.24. The summed E-state index contributed by atoms with van der Waals surface area (Å²) in [7, 11) is 0. The number of carbonyl (C=O) groups is 1. The molecule has 5 heteroatoms. The van der Waals surface area contributed by atoms with E-state index >= 15 is 0 Å². The van der Waals surface area contributed by atoms with Crippen molar-refractivity contribution in [3.05, 3.63) is 46.9 Å². The molecule has 0 saturated carbocycles. The topological polar surface area (TPSA) is 52.9 Å². The number of nitriles is 1. The van der Waals surface area contributed by atoms with Crippen LogP contribution >= 0.6 is 11.8 Å². The molecule has 20 heavy (non-hydrogen) atoms. The van der Waals surface area contributed by atoms with Crippen molar-refractivity contribution in [2.75, 3.05) is 6.26 Å². The van der Waals surface area contributed by atoms with Crippen LogP contribution in [-0.4, -0.2) is 11.4 Å². The molecule has 3 nitrogen and oxygen atoms in total. The van der Waals surface area contributed by atoms with Gasteiger partial charge in [-0.3, -0.25) is 4.79 Å². The number of hydrogen-bond acceptors (Lipinski definition) is 4. The number of carbonyl (C=O) groups excluding carboxylic acids is 1. The number of benzene rings is 1. The maximum absolute atomic E-state index is 12.9. The summed E-state index contributed by atoms with van der Waals surface area (Å²) in [5.74, 6) is -0.286. The van der Waals surface area contributed by atoms with Gasteiger partial charge in [-0.1, -0.05) is 30.8 Å². The molecule has 1 N–H and O–H groups in total. The number of halogens is 1. The molecule has 1 atom stereocenters. The van der Waals surface area contributed by atoms with Crippen LogP contribution in [0.25, 0.3) is 0 Å². The lowest BCUT2D eigenvalue weighted by Crippen LogP contribution is -2.21. The first-order chi connectivity index (χ1) is 9.53. The fraction of sp³-hybridized carbons (Fsp3) is 0.333. The average Bonchev–Trinajstić information content (AvgIpc) is 2.46. The lowest BCUT2D eigenvalue weighted by atomic mass is 10.0. The van der Waals surface area contributed by atoms with Crippen LogP contribution < -0.4 is 5.32 Å². The second kappa shape index (κ2) is 7.71. The summed E-state index contributed by atoms with van der Waals surface area (Å²) >= 11 is 1.01. The van der Waals surface area contributed by atoms with Crippen molar-refractivity contribution < 1.29 is 9.18 Å². The van der Waals surface area contributed by atoms with Gasteiger partial charge in [0, 0.05) is 5.70 Å². The van der Waals surface area contributed by atoms with Gasteiger partial charge in [-0.2, -0.15) is 5.26 Å². The molecule has 106 valence electrons. The number of nitrogens with zero attached hydrogens (tertiary/aromatic N) is 1. The second-order valence-electron chi connectivity index (χ2n) is 4.26. The summed E-state index contributed by atoms with van der Waals surface area (Å²) in [5, 5.41) is 12.0. The molecule has 0 aliphatic rings. The molecule has 0 aromatic heterocycles. The molecule has 0 bridgehead atoms. The molecule has 0 heterocycles. The van der Waals surface area contributed by atoms with Gasteiger partial charge in [0.1, 0.15) is 17.5 Å². The molecule has 0 fully saturated rings. The van der Waals surface area contributed by atoms with E-state index in [9.17, 15) is 9.18 Å². The smallest absolute Gasteiger partial charge is 0.231 e. The van der Waals surface area contributed by atoms with Gasteiger partial charge in [-0.25, -0.2) is 4.39 Å². The van der Waals surface area contributed by atoms with E-state index in [4.69, 9.17) is 5.26 Å². The number of rotatable bonds is 5. The summed E-state index contributed by atoms with van der Waals surface area (Å²) in [6.45, 7) is 3.69. The molecule has 0 aliphatic heterocycles. The van der Waals surface area contributed by atoms with E-state index in [0.29, 0.717) is 5.70 Å². The normalized spacial score (nSPS) is 13.2. The third-order valence-electron chi connectivity index (χ3n) is 2.95. The van der Waals surface area contributed by atoms with Crippen LogP contribution in [0.15, 0.2) is 35.5 Å². The predicted octanol–water partition coefficient (Wildman–Crippen LogP) is 3.55. The summed E-state index contributed by atoms with van der Waals surface area (Å²) in [6, 6.07) is 8.07. The van der Waals surface area contributed by atoms with Gasteiger partial charge in [0.15, 0.2) is 0 Å². The lowest BCUT2D eigenvalue weighted by molar-refractivity contribution is -0.107. The summed E-state index contributed by atoms with van der Waals surface area (Å²) < 4.78 is 12.9. The zero-order valence-electron chi connectivity index (χ0n) is 11.7. The van der Waals surface area contributed by atoms with E-state index in [0.717, 1.165) is 23.7 Å². The van der Waals surface area contributed by atoms with Gasteiger partial charge in [0.05, 0.1) is 6.04 Å². The Morgan fingerprint density at radius 1 is 1.45 bits per heavy atom. The van der Waals surface area contributed by atoms with Gasteiger partial charge >= 0.3 is 0 Å². The molecule has 1 aromatic carbocycles. The van der Waals surface area contributed by atoms with Crippen LogP contribution in [0.2, 0.25) is 0 Å². The quantitative estimate of drug-likeness (QED) is 0.666. The van der Waals surface area contributed by atoms with E-state index in [1.165, 1.54) is 12.1 Å². The highest BCUT2D eigenvalue weighted by Crippen LogP contribution is 2.20. The van der Waals surface area contributed by atoms with E-state index in [1.807, 2.05) is 13.0 Å². The van der Waals surface area contributed by atoms with Gasteiger partial charge in [-0.05, 0) is 37.3 Å². The van der Waals surface area contributed by atoms with Crippen LogP contribution in [-0.2, 0) is 4.79 Å². The molecular formula is C15H17FN2OS. The largest absolute Gasteiger partial charge is 0.381 e. The van der Waals surface area contributed by atoms with E-state index in [-0.39, 0.29) is 22.5 Å². The minimum Gasteiger partial charge on any atom is -0.381 e. The Hall–Kier alpha value is -1.80. The molecule has 1 unspecified atom stereocenters. The minimum absolute atomic E-state index is 0.0615. The summed E-state index contributed by atoms with van der Waals surface area (Å²) in [5.41, 5.74) is 1.59. The van der Waals surface area contributed by atoms with E-state index in [1.54, 1.807) is 25.3 Å². The van der Waals surface area contributed by atoms with Crippen molar-refractivity contribution in [2.24, 2.45) is 0 Å². The molecule has 0 saturated heterocycles. The van der Waals surface area contributed by atoms with Crippen LogP contribution in [0.4, 0.5) is 4.39 Å². The van der Waals surface area contributed by atoms with Crippen molar-refractivity contribution in [3.8, 4) is 6.07 Å². The van der Waals surface area contributed by atoms with Gasteiger partial charge < -0.3 is 5.32 Å². The molecule has 1 rings (SSSR count). The van der Waals surface area contributed by atoms with E-state index < -0.39 is 0 Å². The van der Waals surface area contributed by atoms with Crippen molar-refractivity contribution in [1.82, 2.24) is 5.32 Å². The molecule has 1 aromatic rings. The molecular weight excluding hydrogens is 275 g/mol.